The van der Waals surface area contributed by atoms with Crippen molar-refractivity contribution in [2.45, 2.75) is 24.7 Å². The van der Waals surface area contributed by atoms with E-state index in [1.165, 1.54) is 10.9 Å². The van der Waals surface area contributed by atoms with Gasteiger partial charge in [0.25, 0.3) is 0 Å². The average molecular weight is 370 g/mol. The van der Waals surface area contributed by atoms with Crippen LogP contribution >= 0.6 is 12.4 Å². The number of carbonyl (C=O) groups excluding carboxylic acids is 2. The van der Waals surface area contributed by atoms with E-state index in [0.717, 1.165) is 0 Å². The van der Waals surface area contributed by atoms with Crippen molar-refractivity contribution in [1.29, 1.82) is 0 Å². The van der Waals surface area contributed by atoms with Crippen molar-refractivity contribution >= 4 is 24.2 Å². The molecular formula is C13H19ClF3N5O2. The lowest BCUT2D eigenvalue weighted by molar-refractivity contribution is -0.158. The number of alkyl halides is 3. The third kappa shape index (κ3) is 4.84. The first-order valence-electron chi connectivity index (χ1n) is 7.03. The molecule has 2 amide bonds. The van der Waals surface area contributed by atoms with E-state index in [2.05, 4.69) is 15.7 Å². The van der Waals surface area contributed by atoms with Gasteiger partial charge in [0.1, 0.15) is 18.6 Å². The van der Waals surface area contributed by atoms with Gasteiger partial charge < -0.3 is 15.5 Å². The van der Waals surface area contributed by atoms with Crippen LogP contribution in [0.3, 0.4) is 0 Å². The second-order valence-electron chi connectivity index (χ2n) is 5.39. The number of nitrogens with zero attached hydrogens (tertiary/aromatic N) is 3. The van der Waals surface area contributed by atoms with Crippen molar-refractivity contribution in [2.75, 3.05) is 20.1 Å². The summed E-state index contributed by atoms with van der Waals surface area (Å²) in [6.07, 6.45) is -1.14. The molecule has 2 rings (SSSR count). The molecule has 2 heterocycles. The molecule has 1 saturated heterocycles. The SMILES string of the molecule is CNC(C(=O)NC1CCN(CC(F)(F)F)C1=O)c1cnn(C)c1.Cl. The summed E-state index contributed by atoms with van der Waals surface area (Å²) < 4.78 is 38.7. The smallest absolute Gasteiger partial charge is 0.343 e. The molecule has 1 aliphatic heterocycles. The largest absolute Gasteiger partial charge is 0.406 e. The zero-order chi connectivity index (χ0) is 17.2. The van der Waals surface area contributed by atoms with E-state index in [-0.39, 0.29) is 25.4 Å². The molecule has 1 aromatic rings. The molecule has 2 unspecified atom stereocenters. The van der Waals surface area contributed by atoms with E-state index in [1.807, 2.05) is 0 Å². The quantitative estimate of drug-likeness (QED) is 0.786. The van der Waals surface area contributed by atoms with Crippen LogP contribution in [0.25, 0.3) is 0 Å². The van der Waals surface area contributed by atoms with Gasteiger partial charge in [0.15, 0.2) is 0 Å². The van der Waals surface area contributed by atoms with Crippen molar-refractivity contribution in [1.82, 2.24) is 25.3 Å². The average Bonchev–Trinajstić information content (AvgIpc) is 2.99. The summed E-state index contributed by atoms with van der Waals surface area (Å²) in [5.41, 5.74) is 0.602. The molecule has 1 fully saturated rings. The van der Waals surface area contributed by atoms with Gasteiger partial charge in [-0.05, 0) is 13.5 Å². The maximum absolute atomic E-state index is 12.4. The number of likely N-dealkylation sites (tertiary alicyclic amines) is 1. The second kappa shape index (κ2) is 7.84. The Morgan fingerprint density at radius 3 is 2.67 bits per heavy atom. The second-order valence-corrected chi connectivity index (χ2v) is 5.39. The number of nitrogens with one attached hydrogen (secondary N) is 2. The van der Waals surface area contributed by atoms with Gasteiger partial charge in [-0.1, -0.05) is 0 Å². The van der Waals surface area contributed by atoms with E-state index in [4.69, 9.17) is 0 Å². The Bertz CT molecular complexity index is 592. The summed E-state index contributed by atoms with van der Waals surface area (Å²) in [5, 5.41) is 9.27. The molecule has 0 aromatic carbocycles. The Kier molecular flexibility index (Phi) is 6.61. The molecule has 2 atom stereocenters. The fourth-order valence-corrected chi connectivity index (χ4v) is 2.54. The predicted molar refractivity (Wildman–Crippen MR) is 81.4 cm³/mol. The molecule has 0 saturated carbocycles. The lowest BCUT2D eigenvalue weighted by atomic mass is 10.1. The van der Waals surface area contributed by atoms with Crippen molar-refractivity contribution in [2.24, 2.45) is 7.05 Å². The van der Waals surface area contributed by atoms with Crippen LogP contribution in [0.2, 0.25) is 0 Å². The fourth-order valence-electron chi connectivity index (χ4n) is 2.54. The number of rotatable bonds is 5. The number of aromatic nitrogens is 2. The third-order valence-corrected chi connectivity index (χ3v) is 3.59. The van der Waals surface area contributed by atoms with E-state index < -0.39 is 36.6 Å². The maximum atomic E-state index is 12.4. The first-order chi connectivity index (χ1) is 10.7. The van der Waals surface area contributed by atoms with Crippen LogP contribution in [-0.4, -0.2) is 58.9 Å². The number of aryl methyl sites for hydroxylation is 1. The number of hydrogen-bond acceptors (Lipinski definition) is 4. The van der Waals surface area contributed by atoms with Crippen molar-refractivity contribution in [3.8, 4) is 0 Å². The molecule has 2 N–H and O–H groups in total. The normalized spacial score (nSPS) is 19.1. The highest BCUT2D eigenvalue weighted by molar-refractivity contribution is 5.91. The molecule has 1 aromatic heterocycles. The number of amides is 2. The van der Waals surface area contributed by atoms with Crippen LogP contribution < -0.4 is 10.6 Å². The summed E-state index contributed by atoms with van der Waals surface area (Å²) in [6.45, 7) is -1.32. The van der Waals surface area contributed by atoms with Crippen molar-refractivity contribution < 1.29 is 22.8 Å². The Morgan fingerprint density at radius 2 is 2.17 bits per heavy atom. The van der Waals surface area contributed by atoms with Crippen LogP contribution in [0.4, 0.5) is 13.2 Å². The number of hydrogen-bond donors (Lipinski definition) is 2. The van der Waals surface area contributed by atoms with Gasteiger partial charge in [-0.2, -0.15) is 18.3 Å². The van der Waals surface area contributed by atoms with E-state index in [0.29, 0.717) is 10.5 Å². The molecule has 0 aliphatic carbocycles. The molecule has 7 nitrogen and oxygen atoms in total. The van der Waals surface area contributed by atoms with Gasteiger partial charge in [0.05, 0.1) is 6.20 Å². The number of carbonyl (C=O) groups is 2. The van der Waals surface area contributed by atoms with Gasteiger partial charge in [-0.3, -0.25) is 14.3 Å². The molecular weight excluding hydrogens is 351 g/mol. The Morgan fingerprint density at radius 1 is 1.50 bits per heavy atom. The molecule has 1 aliphatic rings. The Labute approximate surface area is 143 Å². The van der Waals surface area contributed by atoms with E-state index >= 15 is 0 Å². The minimum Gasteiger partial charge on any atom is -0.343 e. The third-order valence-electron chi connectivity index (χ3n) is 3.59. The minimum absolute atomic E-state index is 0. The van der Waals surface area contributed by atoms with Gasteiger partial charge in [-0.25, -0.2) is 0 Å². The van der Waals surface area contributed by atoms with E-state index in [9.17, 15) is 22.8 Å². The van der Waals surface area contributed by atoms with E-state index in [1.54, 1.807) is 20.3 Å². The van der Waals surface area contributed by atoms with Crippen LogP contribution in [-0.2, 0) is 16.6 Å². The Hall–Kier alpha value is -1.81. The monoisotopic (exact) mass is 369 g/mol. The van der Waals surface area contributed by atoms with Gasteiger partial charge in [0, 0.05) is 25.4 Å². The van der Waals surface area contributed by atoms with Gasteiger partial charge >= 0.3 is 6.18 Å². The number of halogens is 4. The highest BCUT2D eigenvalue weighted by atomic mass is 35.5. The van der Waals surface area contributed by atoms with Crippen molar-refractivity contribution in [3.05, 3.63) is 18.0 Å². The summed E-state index contributed by atoms with van der Waals surface area (Å²) in [7, 11) is 3.27. The summed E-state index contributed by atoms with van der Waals surface area (Å²) in [4.78, 5) is 24.9. The van der Waals surface area contributed by atoms with Crippen LogP contribution in [0, 0.1) is 0 Å². The Balaban J connectivity index is 0.00000288. The molecule has 0 spiro atoms. The van der Waals surface area contributed by atoms with Gasteiger partial charge in [-0.15, -0.1) is 12.4 Å². The summed E-state index contributed by atoms with van der Waals surface area (Å²) in [6, 6.07) is -1.66. The van der Waals surface area contributed by atoms with Crippen LogP contribution in [0.5, 0.6) is 0 Å². The summed E-state index contributed by atoms with van der Waals surface area (Å²) in [5.74, 6) is -1.19. The maximum Gasteiger partial charge on any atom is 0.406 e. The predicted octanol–water partition coefficient (Wildman–Crippen LogP) is 0.382. The molecule has 136 valence electrons. The molecule has 24 heavy (non-hydrogen) atoms. The van der Waals surface area contributed by atoms with Crippen LogP contribution in [0.1, 0.15) is 18.0 Å². The molecule has 0 radical (unpaired) electrons. The first-order valence-corrected chi connectivity index (χ1v) is 7.03. The highest BCUT2D eigenvalue weighted by Crippen LogP contribution is 2.21. The first kappa shape index (κ1) is 20.2. The van der Waals surface area contributed by atoms with Crippen molar-refractivity contribution in [3.63, 3.8) is 0 Å². The van der Waals surface area contributed by atoms with Gasteiger partial charge in [0.2, 0.25) is 11.8 Å². The summed E-state index contributed by atoms with van der Waals surface area (Å²) >= 11 is 0. The minimum atomic E-state index is -4.45. The van der Waals surface area contributed by atoms with Crippen LogP contribution in [0.15, 0.2) is 12.4 Å². The lowest BCUT2D eigenvalue weighted by Crippen LogP contribution is -2.46. The zero-order valence-corrected chi connectivity index (χ0v) is 13.9. The highest BCUT2D eigenvalue weighted by Gasteiger charge is 2.40. The molecule has 11 heteroatoms. The lowest BCUT2D eigenvalue weighted by Gasteiger charge is -2.20. The standard InChI is InChI=1S/C13H18F3N5O2.ClH/c1-17-10(8-5-18-20(2)6-8)11(22)19-9-3-4-21(12(9)23)7-13(14,15)16;/h5-6,9-10,17H,3-4,7H2,1-2H3,(H,19,22);1H. The molecule has 0 bridgehead atoms. The number of likely N-dealkylation sites (N-methyl/N-ethyl adjacent to an activating group) is 1. The fraction of sp³-hybridized carbons (Fsp3) is 0.615. The topological polar surface area (TPSA) is 79.3 Å². The zero-order valence-electron chi connectivity index (χ0n) is 13.1.